The van der Waals surface area contributed by atoms with Crippen LogP contribution >= 0.6 is 0 Å². The molecule has 0 bridgehead atoms. The van der Waals surface area contributed by atoms with Gasteiger partial charge < -0.3 is 5.32 Å². The lowest BCUT2D eigenvalue weighted by Gasteiger charge is -2.27. The van der Waals surface area contributed by atoms with Gasteiger partial charge in [-0.25, -0.2) is 0 Å². The van der Waals surface area contributed by atoms with Gasteiger partial charge >= 0.3 is 0 Å². The third-order valence-corrected chi connectivity index (χ3v) is 4.19. The molecule has 0 amide bonds. The fourth-order valence-corrected chi connectivity index (χ4v) is 3.49. The van der Waals surface area contributed by atoms with Crippen LogP contribution in [0.25, 0.3) is 0 Å². The van der Waals surface area contributed by atoms with Crippen LogP contribution in [0.1, 0.15) is 47.9 Å². The minimum absolute atomic E-state index is 0.782. The summed E-state index contributed by atoms with van der Waals surface area (Å²) in [5.74, 6) is 1.64. The molecule has 1 aliphatic carbocycles. The fourth-order valence-electron chi connectivity index (χ4n) is 3.49. The molecule has 0 spiro atoms. The van der Waals surface area contributed by atoms with Crippen molar-refractivity contribution in [1.82, 2.24) is 5.32 Å². The highest BCUT2D eigenvalue weighted by atomic mass is 14.9. The molecule has 0 radical (unpaired) electrons. The maximum atomic E-state index is 3.57. The van der Waals surface area contributed by atoms with Gasteiger partial charge in [0, 0.05) is 13.1 Å². The van der Waals surface area contributed by atoms with Gasteiger partial charge in [0.25, 0.3) is 0 Å². The van der Waals surface area contributed by atoms with Gasteiger partial charge in [-0.15, -0.1) is 0 Å². The van der Waals surface area contributed by atoms with E-state index in [1.54, 1.807) is 16.7 Å². The van der Waals surface area contributed by atoms with Crippen molar-refractivity contribution in [3.05, 3.63) is 34.4 Å². The van der Waals surface area contributed by atoms with Gasteiger partial charge in [-0.1, -0.05) is 24.6 Å². The summed E-state index contributed by atoms with van der Waals surface area (Å²) in [6, 6.07) is 4.81. The number of rotatable bonds is 0. The molecule has 3 rings (SSSR count). The van der Waals surface area contributed by atoms with Crippen molar-refractivity contribution in [1.29, 1.82) is 0 Å². The Hall–Kier alpha value is -0.820. The zero-order chi connectivity index (χ0) is 11.1. The molecular formula is C15H21N. The van der Waals surface area contributed by atoms with E-state index in [1.165, 1.54) is 31.4 Å². The Labute approximate surface area is 98.3 Å². The molecule has 0 saturated carbocycles. The Morgan fingerprint density at radius 2 is 2.00 bits per heavy atom. The zero-order valence-electron chi connectivity index (χ0n) is 10.3. The van der Waals surface area contributed by atoms with E-state index < -0.39 is 0 Å². The average Bonchev–Trinajstić information content (AvgIpc) is 2.39. The maximum absolute atomic E-state index is 3.57. The molecule has 2 aliphatic rings. The zero-order valence-corrected chi connectivity index (χ0v) is 10.3. The Balaban J connectivity index is 2.14. The van der Waals surface area contributed by atoms with Crippen molar-refractivity contribution < 1.29 is 0 Å². The Bertz CT molecular complexity index is 408. The highest BCUT2D eigenvalue weighted by Crippen LogP contribution is 2.37. The Morgan fingerprint density at radius 3 is 2.88 bits per heavy atom. The monoisotopic (exact) mass is 215 g/mol. The third-order valence-electron chi connectivity index (χ3n) is 4.19. The summed E-state index contributed by atoms with van der Waals surface area (Å²) in [6.07, 6.45) is 4.05. The lowest BCUT2D eigenvalue weighted by atomic mass is 9.85. The predicted molar refractivity (Wildman–Crippen MR) is 67.7 cm³/mol. The molecule has 2 atom stereocenters. The van der Waals surface area contributed by atoms with Crippen LogP contribution < -0.4 is 5.32 Å². The minimum atomic E-state index is 0.782. The van der Waals surface area contributed by atoms with Gasteiger partial charge in [0.2, 0.25) is 0 Å². The van der Waals surface area contributed by atoms with E-state index >= 15 is 0 Å². The first-order valence-electron chi connectivity index (χ1n) is 6.57. The standard InChI is InChI=1S/C15H21N/c1-10-3-4-12-8-16-9-14-7-11(2)6-13(5-10)15(12)14/h6-7,10,12,16H,3-5,8-9H2,1-2H3. The van der Waals surface area contributed by atoms with Gasteiger partial charge in [-0.05, 0) is 54.7 Å². The van der Waals surface area contributed by atoms with E-state index in [4.69, 9.17) is 0 Å². The molecular weight excluding hydrogens is 194 g/mol. The minimum Gasteiger partial charge on any atom is -0.312 e. The highest BCUT2D eigenvalue weighted by molar-refractivity contribution is 5.43. The molecule has 2 unspecified atom stereocenters. The number of nitrogens with one attached hydrogen (secondary N) is 1. The largest absolute Gasteiger partial charge is 0.312 e. The molecule has 0 aromatic heterocycles. The van der Waals surface area contributed by atoms with Crippen molar-refractivity contribution in [3.8, 4) is 0 Å². The van der Waals surface area contributed by atoms with Crippen molar-refractivity contribution in [2.75, 3.05) is 6.54 Å². The summed E-state index contributed by atoms with van der Waals surface area (Å²) < 4.78 is 0. The van der Waals surface area contributed by atoms with Gasteiger partial charge in [0.05, 0.1) is 0 Å². The summed E-state index contributed by atoms with van der Waals surface area (Å²) >= 11 is 0. The molecule has 1 N–H and O–H groups in total. The smallest absolute Gasteiger partial charge is 0.0208 e. The molecule has 1 aromatic carbocycles. The molecule has 0 saturated heterocycles. The van der Waals surface area contributed by atoms with Crippen LogP contribution in [0.3, 0.4) is 0 Å². The Morgan fingerprint density at radius 1 is 1.19 bits per heavy atom. The third kappa shape index (κ3) is 1.67. The van der Waals surface area contributed by atoms with Gasteiger partial charge in [0.15, 0.2) is 0 Å². The molecule has 16 heavy (non-hydrogen) atoms. The number of hydrogen-bond acceptors (Lipinski definition) is 1. The summed E-state index contributed by atoms with van der Waals surface area (Å²) in [7, 11) is 0. The molecule has 86 valence electrons. The van der Waals surface area contributed by atoms with E-state index in [0.29, 0.717) is 0 Å². The Kier molecular flexibility index (Phi) is 2.51. The predicted octanol–water partition coefficient (Wildman–Crippen LogP) is 3.15. The summed E-state index contributed by atoms with van der Waals surface area (Å²) in [5.41, 5.74) is 6.35. The maximum Gasteiger partial charge on any atom is 0.0208 e. The molecule has 0 fully saturated rings. The van der Waals surface area contributed by atoms with E-state index in [-0.39, 0.29) is 0 Å². The quantitative estimate of drug-likeness (QED) is 0.701. The van der Waals surface area contributed by atoms with Gasteiger partial charge in [-0.2, -0.15) is 0 Å². The SMILES string of the molecule is Cc1cc2c3c(c1)CC(C)CCC3CNC2. The molecule has 1 heterocycles. The first-order valence-corrected chi connectivity index (χ1v) is 6.57. The van der Waals surface area contributed by atoms with Crippen molar-refractivity contribution in [2.45, 2.75) is 45.6 Å². The number of benzene rings is 1. The normalized spacial score (nSPS) is 28.4. The van der Waals surface area contributed by atoms with E-state index in [9.17, 15) is 0 Å². The van der Waals surface area contributed by atoms with Crippen molar-refractivity contribution >= 4 is 0 Å². The van der Waals surface area contributed by atoms with Gasteiger partial charge in [-0.3, -0.25) is 0 Å². The second-order valence-electron chi connectivity index (χ2n) is 5.71. The van der Waals surface area contributed by atoms with Crippen molar-refractivity contribution in [2.24, 2.45) is 5.92 Å². The second kappa shape index (κ2) is 3.89. The molecule has 1 aliphatic heterocycles. The summed E-state index contributed by atoms with van der Waals surface area (Å²) in [5, 5.41) is 3.57. The average molecular weight is 215 g/mol. The number of aryl methyl sites for hydroxylation is 1. The lowest BCUT2D eigenvalue weighted by Crippen LogP contribution is -2.28. The lowest BCUT2D eigenvalue weighted by molar-refractivity contribution is 0.463. The van der Waals surface area contributed by atoms with Crippen LogP contribution in [-0.4, -0.2) is 6.54 Å². The molecule has 1 heteroatoms. The molecule has 1 nitrogen and oxygen atoms in total. The van der Waals surface area contributed by atoms with Crippen molar-refractivity contribution in [3.63, 3.8) is 0 Å². The first-order chi connectivity index (χ1) is 7.74. The fraction of sp³-hybridized carbons (Fsp3) is 0.600. The van der Waals surface area contributed by atoms with Crippen LogP contribution in [0.5, 0.6) is 0 Å². The second-order valence-corrected chi connectivity index (χ2v) is 5.71. The van der Waals surface area contributed by atoms with Crippen LogP contribution in [0, 0.1) is 12.8 Å². The van der Waals surface area contributed by atoms with Crippen LogP contribution in [0.15, 0.2) is 12.1 Å². The highest BCUT2D eigenvalue weighted by Gasteiger charge is 2.26. The summed E-state index contributed by atoms with van der Waals surface area (Å²) in [6.45, 7) is 6.90. The topological polar surface area (TPSA) is 12.0 Å². The number of hydrogen-bond donors (Lipinski definition) is 1. The first kappa shape index (κ1) is 10.3. The summed E-state index contributed by atoms with van der Waals surface area (Å²) in [4.78, 5) is 0. The van der Waals surface area contributed by atoms with Crippen LogP contribution in [0.2, 0.25) is 0 Å². The van der Waals surface area contributed by atoms with E-state index in [2.05, 4.69) is 31.3 Å². The van der Waals surface area contributed by atoms with Crippen LogP contribution in [-0.2, 0) is 13.0 Å². The van der Waals surface area contributed by atoms with Crippen LogP contribution in [0.4, 0.5) is 0 Å². The van der Waals surface area contributed by atoms with E-state index in [0.717, 1.165) is 18.4 Å². The van der Waals surface area contributed by atoms with E-state index in [1.807, 2.05) is 0 Å². The van der Waals surface area contributed by atoms with Gasteiger partial charge in [0.1, 0.15) is 0 Å². The molecule has 1 aromatic rings.